The van der Waals surface area contributed by atoms with Crippen LogP contribution in [0.3, 0.4) is 0 Å². The number of hydrogen-bond acceptors (Lipinski definition) is 4. The molecule has 2 saturated heterocycles. The quantitative estimate of drug-likeness (QED) is 0.761. The van der Waals surface area contributed by atoms with Gasteiger partial charge in [0.15, 0.2) is 0 Å². The van der Waals surface area contributed by atoms with E-state index in [1.165, 1.54) is 18.4 Å². The molecule has 29 heavy (non-hydrogen) atoms. The standard InChI is InChI=1S/C23H30N2O.CH2O2/c26-23(21-11-5-2-6-12-21)14-18-24(17-13-20-9-3-1-4-10-20)19-22(23)25-15-7-8-16-25;2-1-3/h1-6,9-12,22,26H,7-8,13-19H2;1H,(H,2,3)/t22-,23+;/m1./s1. The predicted octanol–water partition coefficient (Wildman–Crippen LogP) is 2.99. The lowest BCUT2D eigenvalue weighted by Gasteiger charge is -2.48. The summed E-state index contributed by atoms with van der Waals surface area (Å²) >= 11 is 0. The summed E-state index contributed by atoms with van der Waals surface area (Å²) in [5, 5.41) is 18.6. The summed E-state index contributed by atoms with van der Waals surface area (Å²) in [6.45, 7) is 4.97. The molecule has 0 unspecified atom stereocenters. The van der Waals surface area contributed by atoms with E-state index in [0.717, 1.165) is 51.1 Å². The number of carbonyl (C=O) groups is 1. The molecule has 0 spiro atoms. The van der Waals surface area contributed by atoms with E-state index in [4.69, 9.17) is 9.90 Å². The summed E-state index contributed by atoms with van der Waals surface area (Å²) in [6, 6.07) is 21.3. The molecule has 2 atom stereocenters. The molecule has 2 aliphatic rings. The van der Waals surface area contributed by atoms with Crippen LogP contribution in [0.2, 0.25) is 0 Å². The van der Waals surface area contributed by atoms with Crippen LogP contribution >= 0.6 is 0 Å². The normalized spacial score (nSPS) is 25.2. The van der Waals surface area contributed by atoms with Gasteiger partial charge in [0.05, 0.1) is 6.04 Å². The molecule has 2 N–H and O–H groups in total. The molecule has 0 aliphatic carbocycles. The third kappa shape index (κ3) is 5.44. The second-order valence-electron chi connectivity index (χ2n) is 7.94. The monoisotopic (exact) mass is 396 g/mol. The van der Waals surface area contributed by atoms with Crippen LogP contribution in [0.15, 0.2) is 60.7 Å². The minimum Gasteiger partial charge on any atom is -0.483 e. The highest BCUT2D eigenvalue weighted by Gasteiger charge is 2.45. The lowest BCUT2D eigenvalue weighted by atomic mass is 9.79. The maximum absolute atomic E-state index is 11.7. The number of nitrogens with zero attached hydrogens (tertiary/aromatic N) is 2. The van der Waals surface area contributed by atoms with Crippen molar-refractivity contribution in [3.63, 3.8) is 0 Å². The fourth-order valence-electron chi connectivity index (χ4n) is 4.65. The molecule has 0 amide bonds. The van der Waals surface area contributed by atoms with Crippen molar-refractivity contribution in [2.75, 3.05) is 32.7 Å². The second-order valence-corrected chi connectivity index (χ2v) is 7.94. The van der Waals surface area contributed by atoms with E-state index >= 15 is 0 Å². The van der Waals surface area contributed by atoms with Crippen molar-refractivity contribution in [2.24, 2.45) is 0 Å². The van der Waals surface area contributed by atoms with Crippen LogP contribution in [-0.2, 0) is 16.8 Å². The fraction of sp³-hybridized carbons (Fsp3) is 0.458. The number of likely N-dealkylation sites (tertiary alicyclic amines) is 2. The van der Waals surface area contributed by atoms with Gasteiger partial charge in [0, 0.05) is 19.6 Å². The second kappa shape index (κ2) is 10.5. The Balaban J connectivity index is 0.000000755. The first kappa shape index (κ1) is 21.5. The first-order chi connectivity index (χ1) is 14.2. The Labute approximate surface area is 173 Å². The average molecular weight is 397 g/mol. The highest BCUT2D eigenvalue weighted by Crippen LogP contribution is 2.37. The van der Waals surface area contributed by atoms with Gasteiger partial charge < -0.3 is 15.1 Å². The Bertz CT molecular complexity index is 734. The minimum absolute atomic E-state index is 0.192. The van der Waals surface area contributed by atoms with E-state index in [9.17, 15) is 5.11 Å². The third-order valence-corrected chi connectivity index (χ3v) is 6.21. The lowest BCUT2D eigenvalue weighted by molar-refractivity contribution is -0.122. The Morgan fingerprint density at radius 2 is 1.55 bits per heavy atom. The molecule has 2 heterocycles. The molecule has 5 nitrogen and oxygen atoms in total. The van der Waals surface area contributed by atoms with Gasteiger partial charge in [-0.3, -0.25) is 9.69 Å². The van der Waals surface area contributed by atoms with Gasteiger partial charge in [0.2, 0.25) is 0 Å². The largest absolute Gasteiger partial charge is 0.483 e. The van der Waals surface area contributed by atoms with E-state index in [1.807, 2.05) is 6.07 Å². The molecule has 2 aromatic carbocycles. The SMILES string of the molecule is O=CO.O[C@]1(c2ccccc2)CCN(CCc2ccccc2)C[C@H]1N1CCCC1. The Kier molecular flexibility index (Phi) is 7.81. The van der Waals surface area contributed by atoms with Gasteiger partial charge >= 0.3 is 0 Å². The summed E-state index contributed by atoms with van der Waals surface area (Å²) < 4.78 is 0. The zero-order chi connectivity index (χ0) is 20.5. The molecular weight excluding hydrogens is 364 g/mol. The topological polar surface area (TPSA) is 64.0 Å². The van der Waals surface area contributed by atoms with Crippen LogP contribution in [0.4, 0.5) is 0 Å². The van der Waals surface area contributed by atoms with Gasteiger partial charge in [-0.1, -0.05) is 60.7 Å². The summed E-state index contributed by atoms with van der Waals surface area (Å²) in [5.41, 5.74) is 1.75. The summed E-state index contributed by atoms with van der Waals surface area (Å²) in [5.74, 6) is 0. The number of piperidine rings is 1. The molecule has 0 radical (unpaired) electrons. The van der Waals surface area contributed by atoms with Crippen molar-refractivity contribution >= 4 is 6.47 Å². The van der Waals surface area contributed by atoms with E-state index < -0.39 is 5.60 Å². The molecule has 156 valence electrons. The Hall–Kier alpha value is -2.21. The number of benzene rings is 2. The first-order valence-electron chi connectivity index (χ1n) is 10.5. The molecular formula is C24H32N2O3. The van der Waals surface area contributed by atoms with Crippen molar-refractivity contribution < 1.29 is 15.0 Å². The van der Waals surface area contributed by atoms with Crippen molar-refractivity contribution in [1.82, 2.24) is 9.80 Å². The van der Waals surface area contributed by atoms with Gasteiger partial charge in [0.25, 0.3) is 6.47 Å². The maximum Gasteiger partial charge on any atom is 0.290 e. The number of carboxylic acid groups (broad SMARTS) is 1. The highest BCUT2D eigenvalue weighted by atomic mass is 16.3. The minimum atomic E-state index is -0.727. The van der Waals surface area contributed by atoms with Crippen molar-refractivity contribution in [2.45, 2.75) is 37.3 Å². The van der Waals surface area contributed by atoms with Crippen LogP contribution in [0.5, 0.6) is 0 Å². The van der Waals surface area contributed by atoms with Crippen molar-refractivity contribution in [1.29, 1.82) is 0 Å². The molecule has 0 bridgehead atoms. The summed E-state index contributed by atoms with van der Waals surface area (Å²) in [4.78, 5) is 13.4. The van der Waals surface area contributed by atoms with Crippen molar-refractivity contribution in [3.8, 4) is 0 Å². The third-order valence-electron chi connectivity index (χ3n) is 6.21. The molecule has 0 aromatic heterocycles. The lowest BCUT2D eigenvalue weighted by Crippen LogP contribution is -2.60. The molecule has 2 aliphatic heterocycles. The predicted molar refractivity (Wildman–Crippen MR) is 115 cm³/mol. The van der Waals surface area contributed by atoms with E-state index in [0.29, 0.717) is 0 Å². The first-order valence-corrected chi connectivity index (χ1v) is 10.5. The number of hydrogen-bond donors (Lipinski definition) is 2. The van der Waals surface area contributed by atoms with E-state index in [1.54, 1.807) is 0 Å². The van der Waals surface area contributed by atoms with Crippen molar-refractivity contribution in [3.05, 3.63) is 71.8 Å². The van der Waals surface area contributed by atoms with Crippen LogP contribution < -0.4 is 0 Å². The molecule has 0 saturated carbocycles. The van der Waals surface area contributed by atoms with Gasteiger partial charge in [-0.15, -0.1) is 0 Å². The van der Waals surface area contributed by atoms with Gasteiger partial charge in [-0.05, 0) is 49.9 Å². The Morgan fingerprint density at radius 1 is 0.966 bits per heavy atom. The number of aliphatic hydroxyl groups is 1. The molecule has 5 heteroatoms. The van der Waals surface area contributed by atoms with Crippen LogP contribution in [0.25, 0.3) is 0 Å². The van der Waals surface area contributed by atoms with Gasteiger partial charge in [0.1, 0.15) is 5.60 Å². The van der Waals surface area contributed by atoms with Gasteiger partial charge in [-0.2, -0.15) is 0 Å². The highest BCUT2D eigenvalue weighted by molar-refractivity contribution is 5.32. The molecule has 2 aromatic rings. The van der Waals surface area contributed by atoms with Gasteiger partial charge in [-0.25, -0.2) is 0 Å². The summed E-state index contributed by atoms with van der Waals surface area (Å²) in [7, 11) is 0. The number of rotatable bonds is 5. The van der Waals surface area contributed by atoms with Crippen LogP contribution in [0.1, 0.15) is 30.4 Å². The van der Waals surface area contributed by atoms with E-state index in [2.05, 4.69) is 64.4 Å². The zero-order valence-electron chi connectivity index (χ0n) is 17.0. The van der Waals surface area contributed by atoms with E-state index in [-0.39, 0.29) is 12.5 Å². The zero-order valence-corrected chi connectivity index (χ0v) is 17.0. The van der Waals surface area contributed by atoms with Crippen LogP contribution in [0, 0.1) is 0 Å². The van der Waals surface area contributed by atoms with Crippen LogP contribution in [-0.4, -0.2) is 65.3 Å². The fourth-order valence-corrected chi connectivity index (χ4v) is 4.65. The smallest absolute Gasteiger partial charge is 0.290 e. The maximum atomic E-state index is 11.7. The molecule has 4 rings (SSSR count). The average Bonchev–Trinajstić information content (AvgIpc) is 3.30. The Morgan fingerprint density at radius 3 is 2.17 bits per heavy atom. The summed E-state index contributed by atoms with van der Waals surface area (Å²) in [6.07, 6.45) is 4.40. The molecule has 2 fully saturated rings.